The standard InChI is InChI=1S/C22H26FN3O5S/c1-15(27)17-5-6-19(18(23)13-17)24-9-11-25(12-10-24)22(28)20-14-21(16(2)31-20)32(29,30)26-7-3-4-8-26/h5-6,13-14H,3-4,7-12H2,1-2H3. The van der Waals surface area contributed by atoms with Gasteiger partial charge in [0.05, 0.1) is 5.69 Å². The van der Waals surface area contributed by atoms with E-state index >= 15 is 0 Å². The molecule has 0 saturated carbocycles. The lowest BCUT2D eigenvalue weighted by atomic mass is 10.1. The van der Waals surface area contributed by atoms with Crippen LogP contribution in [0.5, 0.6) is 0 Å². The Morgan fingerprint density at radius 2 is 1.66 bits per heavy atom. The SMILES string of the molecule is CC(=O)c1ccc(N2CCN(C(=O)c3cc(S(=O)(=O)N4CCCC4)c(C)o3)CC2)c(F)c1. The lowest BCUT2D eigenvalue weighted by molar-refractivity contribution is 0.0713. The van der Waals surface area contributed by atoms with E-state index < -0.39 is 15.8 Å². The van der Waals surface area contributed by atoms with E-state index in [9.17, 15) is 22.4 Å². The summed E-state index contributed by atoms with van der Waals surface area (Å²) in [4.78, 5) is 27.8. The number of ketones is 1. The molecule has 3 heterocycles. The summed E-state index contributed by atoms with van der Waals surface area (Å²) in [6.07, 6.45) is 1.65. The molecule has 0 spiro atoms. The Bertz CT molecular complexity index is 1150. The number of piperazine rings is 1. The quantitative estimate of drug-likeness (QED) is 0.634. The summed E-state index contributed by atoms with van der Waals surface area (Å²) >= 11 is 0. The topological polar surface area (TPSA) is 91.1 Å². The predicted octanol–water partition coefficient (Wildman–Crippen LogP) is 2.68. The summed E-state index contributed by atoms with van der Waals surface area (Å²) in [5.74, 6) is -0.873. The Balaban J connectivity index is 1.45. The summed E-state index contributed by atoms with van der Waals surface area (Å²) in [5.41, 5.74) is 0.697. The van der Waals surface area contributed by atoms with Crippen LogP contribution < -0.4 is 4.90 Å². The van der Waals surface area contributed by atoms with Gasteiger partial charge in [0.25, 0.3) is 5.91 Å². The van der Waals surface area contributed by atoms with Crippen molar-refractivity contribution in [1.29, 1.82) is 0 Å². The molecule has 2 aliphatic heterocycles. The zero-order valence-corrected chi connectivity index (χ0v) is 19.0. The summed E-state index contributed by atoms with van der Waals surface area (Å²) < 4.78 is 47.1. The number of amides is 1. The third-order valence-electron chi connectivity index (χ3n) is 6.03. The fourth-order valence-electron chi connectivity index (χ4n) is 4.18. The largest absolute Gasteiger partial charge is 0.455 e. The van der Waals surface area contributed by atoms with Crippen molar-refractivity contribution in [1.82, 2.24) is 9.21 Å². The number of aryl methyl sites for hydroxylation is 1. The van der Waals surface area contributed by atoms with Gasteiger partial charge in [0.2, 0.25) is 10.0 Å². The first-order valence-corrected chi connectivity index (χ1v) is 12.1. The van der Waals surface area contributed by atoms with E-state index in [0.717, 1.165) is 12.8 Å². The van der Waals surface area contributed by atoms with E-state index in [-0.39, 0.29) is 28.1 Å². The first-order valence-electron chi connectivity index (χ1n) is 10.6. The zero-order valence-electron chi connectivity index (χ0n) is 18.1. The van der Waals surface area contributed by atoms with Gasteiger partial charge in [-0.05, 0) is 44.9 Å². The average Bonchev–Trinajstić information content (AvgIpc) is 3.44. The molecule has 2 saturated heterocycles. The molecule has 4 rings (SSSR count). The number of Topliss-reactive ketones (excluding diaryl/α,β-unsaturated/α-hetero) is 1. The lowest BCUT2D eigenvalue weighted by Gasteiger charge is -2.35. The van der Waals surface area contributed by atoms with Gasteiger partial charge in [-0.2, -0.15) is 4.31 Å². The van der Waals surface area contributed by atoms with Crippen LogP contribution in [-0.4, -0.2) is 68.6 Å². The number of carbonyl (C=O) groups excluding carboxylic acids is 2. The summed E-state index contributed by atoms with van der Waals surface area (Å²) in [6, 6.07) is 5.71. The summed E-state index contributed by atoms with van der Waals surface area (Å²) in [7, 11) is -3.68. The van der Waals surface area contributed by atoms with Gasteiger partial charge in [-0.15, -0.1) is 0 Å². The number of sulfonamides is 1. The van der Waals surface area contributed by atoms with Crippen LogP contribution in [-0.2, 0) is 10.0 Å². The minimum atomic E-state index is -3.68. The zero-order chi connectivity index (χ0) is 23.0. The number of nitrogens with zero attached hydrogens (tertiary/aromatic N) is 3. The minimum Gasteiger partial charge on any atom is -0.455 e. The van der Waals surface area contributed by atoms with Gasteiger partial charge in [-0.25, -0.2) is 12.8 Å². The van der Waals surface area contributed by atoms with Crippen LogP contribution in [0.2, 0.25) is 0 Å². The second-order valence-electron chi connectivity index (χ2n) is 8.14. The van der Waals surface area contributed by atoms with Gasteiger partial charge in [0, 0.05) is 50.9 Å². The maximum absolute atomic E-state index is 14.5. The third-order valence-corrected chi connectivity index (χ3v) is 8.03. The van der Waals surface area contributed by atoms with Crippen LogP contribution in [0, 0.1) is 12.7 Å². The van der Waals surface area contributed by atoms with Gasteiger partial charge >= 0.3 is 0 Å². The maximum atomic E-state index is 14.5. The Morgan fingerprint density at radius 1 is 1.00 bits per heavy atom. The van der Waals surface area contributed by atoms with Crippen molar-refractivity contribution in [3.63, 3.8) is 0 Å². The molecule has 0 aliphatic carbocycles. The number of hydrogen-bond acceptors (Lipinski definition) is 6. The lowest BCUT2D eigenvalue weighted by Crippen LogP contribution is -2.49. The van der Waals surface area contributed by atoms with Crippen LogP contribution in [0.1, 0.15) is 46.4 Å². The van der Waals surface area contributed by atoms with Crippen molar-refractivity contribution < 1.29 is 26.8 Å². The molecule has 32 heavy (non-hydrogen) atoms. The second kappa shape index (κ2) is 8.67. The number of anilines is 1. The molecule has 10 heteroatoms. The molecule has 1 aromatic heterocycles. The van der Waals surface area contributed by atoms with Crippen molar-refractivity contribution in [2.75, 3.05) is 44.2 Å². The highest BCUT2D eigenvalue weighted by molar-refractivity contribution is 7.89. The van der Waals surface area contributed by atoms with E-state index in [1.807, 2.05) is 4.90 Å². The van der Waals surface area contributed by atoms with Crippen LogP contribution in [0.4, 0.5) is 10.1 Å². The highest BCUT2D eigenvalue weighted by Gasteiger charge is 2.33. The molecule has 1 amide bonds. The number of carbonyl (C=O) groups is 2. The van der Waals surface area contributed by atoms with Crippen molar-refractivity contribution in [3.05, 3.63) is 47.2 Å². The first-order chi connectivity index (χ1) is 15.2. The molecule has 0 atom stereocenters. The van der Waals surface area contributed by atoms with Gasteiger partial charge in [0.15, 0.2) is 11.5 Å². The minimum absolute atomic E-state index is 0.00860. The van der Waals surface area contributed by atoms with Crippen LogP contribution in [0.3, 0.4) is 0 Å². The van der Waals surface area contributed by atoms with E-state index in [1.54, 1.807) is 24.0 Å². The summed E-state index contributed by atoms with van der Waals surface area (Å²) in [5, 5.41) is 0. The first kappa shape index (κ1) is 22.5. The van der Waals surface area contributed by atoms with Gasteiger partial charge in [0.1, 0.15) is 16.5 Å². The van der Waals surface area contributed by atoms with Gasteiger partial charge < -0.3 is 14.2 Å². The Morgan fingerprint density at radius 3 is 2.25 bits per heavy atom. The van der Waals surface area contributed by atoms with Crippen LogP contribution >= 0.6 is 0 Å². The number of halogens is 1. The third kappa shape index (κ3) is 4.16. The average molecular weight is 464 g/mol. The number of furan rings is 1. The molecule has 0 unspecified atom stereocenters. The van der Waals surface area contributed by atoms with Crippen LogP contribution in [0.15, 0.2) is 33.6 Å². The number of rotatable bonds is 5. The van der Waals surface area contributed by atoms with E-state index in [1.165, 1.54) is 23.4 Å². The molecule has 2 aromatic rings. The van der Waals surface area contributed by atoms with Crippen LogP contribution in [0.25, 0.3) is 0 Å². The van der Waals surface area contributed by atoms with E-state index in [2.05, 4.69) is 0 Å². The molecule has 2 fully saturated rings. The normalized spacial score (nSPS) is 17.7. The van der Waals surface area contributed by atoms with Crippen molar-refractivity contribution in [2.24, 2.45) is 0 Å². The molecule has 8 nitrogen and oxygen atoms in total. The number of hydrogen-bond donors (Lipinski definition) is 0. The van der Waals surface area contributed by atoms with Gasteiger partial charge in [-0.1, -0.05) is 0 Å². The Hall–Kier alpha value is -2.72. The molecule has 0 radical (unpaired) electrons. The van der Waals surface area contributed by atoms with Gasteiger partial charge in [-0.3, -0.25) is 9.59 Å². The van der Waals surface area contributed by atoms with Crippen molar-refractivity contribution in [3.8, 4) is 0 Å². The second-order valence-corrected chi connectivity index (χ2v) is 10.1. The highest BCUT2D eigenvalue weighted by atomic mass is 32.2. The fourth-order valence-corrected chi connectivity index (χ4v) is 5.86. The predicted molar refractivity (Wildman–Crippen MR) is 116 cm³/mol. The molecular formula is C22H26FN3O5S. The van der Waals surface area contributed by atoms with E-state index in [4.69, 9.17) is 4.42 Å². The van der Waals surface area contributed by atoms with E-state index in [0.29, 0.717) is 50.5 Å². The molecule has 0 bridgehead atoms. The smallest absolute Gasteiger partial charge is 0.289 e. The molecule has 172 valence electrons. The van der Waals surface area contributed by atoms with Crippen molar-refractivity contribution in [2.45, 2.75) is 31.6 Å². The molecule has 0 N–H and O–H groups in total. The highest BCUT2D eigenvalue weighted by Crippen LogP contribution is 2.28. The molecule has 2 aliphatic rings. The Kier molecular flexibility index (Phi) is 6.09. The van der Waals surface area contributed by atoms with Crippen molar-refractivity contribution >= 4 is 27.4 Å². The summed E-state index contributed by atoms with van der Waals surface area (Å²) in [6.45, 7) is 5.36. The Labute approximate surface area is 186 Å². The molecule has 1 aromatic carbocycles. The fraction of sp³-hybridized carbons (Fsp3) is 0.455. The molecular weight excluding hydrogens is 437 g/mol. The monoisotopic (exact) mass is 463 g/mol. The number of benzene rings is 1. The maximum Gasteiger partial charge on any atom is 0.289 e.